The Bertz CT molecular complexity index is 397. The lowest BCUT2D eigenvalue weighted by molar-refractivity contribution is -0.136. The fourth-order valence-electron chi connectivity index (χ4n) is 1.17. The van der Waals surface area contributed by atoms with Crippen molar-refractivity contribution in [3.63, 3.8) is 0 Å². The van der Waals surface area contributed by atoms with Crippen LogP contribution in [-0.2, 0) is 16.0 Å². The number of para-hydroxylation sites is 1. The Labute approximate surface area is 85.9 Å². The largest absolute Gasteiger partial charge is 0.507 e. The average molecular weight is 210 g/mol. The van der Waals surface area contributed by atoms with E-state index in [-0.39, 0.29) is 23.3 Å². The summed E-state index contributed by atoms with van der Waals surface area (Å²) in [5, 5.41) is 18.1. The molecule has 0 atom stereocenters. The number of benzene rings is 1. The molecule has 15 heavy (non-hydrogen) atoms. The smallest absolute Gasteiger partial charge is 0.341 e. The van der Waals surface area contributed by atoms with Gasteiger partial charge in [0, 0.05) is 5.56 Å². The van der Waals surface area contributed by atoms with Crippen LogP contribution in [0.5, 0.6) is 5.75 Å². The molecule has 0 aromatic heterocycles. The van der Waals surface area contributed by atoms with E-state index < -0.39 is 11.9 Å². The van der Waals surface area contributed by atoms with E-state index in [0.717, 1.165) is 0 Å². The van der Waals surface area contributed by atoms with Gasteiger partial charge in [0.25, 0.3) is 0 Å². The van der Waals surface area contributed by atoms with E-state index in [1.54, 1.807) is 0 Å². The van der Waals surface area contributed by atoms with E-state index in [4.69, 9.17) is 5.11 Å². The first kappa shape index (κ1) is 11.0. The van der Waals surface area contributed by atoms with Gasteiger partial charge in [0.05, 0.1) is 13.5 Å². The quantitative estimate of drug-likeness (QED) is 0.721. The molecule has 1 rings (SSSR count). The van der Waals surface area contributed by atoms with E-state index >= 15 is 0 Å². The molecule has 0 unspecified atom stereocenters. The van der Waals surface area contributed by atoms with Crippen LogP contribution in [0.1, 0.15) is 15.9 Å². The summed E-state index contributed by atoms with van der Waals surface area (Å²) in [6.45, 7) is 0. The first-order valence-electron chi connectivity index (χ1n) is 4.17. The Kier molecular flexibility index (Phi) is 3.28. The summed E-state index contributed by atoms with van der Waals surface area (Å²) >= 11 is 0. The number of carboxylic acids is 1. The number of aliphatic carboxylic acids is 1. The number of esters is 1. The summed E-state index contributed by atoms with van der Waals surface area (Å²) < 4.78 is 4.43. The number of hydrogen-bond acceptors (Lipinski definition) is 4. The summed E-state index contributed by atoms with van der Waals surface area (Å²) in [4.78, 5) is 21.6. The first-order chi connectivity index (χ1) is 7.06. The van der Waals surface area contributed by atoms with E-state index in [0.29, 0.717) is 0 Å². The maximum absolute atomic E-state index is 11.1. The molecular formula is C10H10O5. The van der Waals surface area contributed by atoms with E-state index in [1.807, 2.05) is 0 Å². The summed E-state index contributed by atoms with van der Waals surface area (Å²) in [5.41, 5.74) is 0.154. The molecule has 0 amide bonds. The molecule has 1 aromatic carbocycles. The average Bonchev–Trinajstić information content (AvgIpc) is 2.19. The molecule has 5 nitrogen and oxygen atoms in total. The van der Waals surface area contributed by atoms with E-state index in [1.165, 1.54) is 25.3 Å². The number of methoxy groups -OCH3 is 1. The van der Waals surface area contributed by atoms with Crippen LogP contribution in [0.2, 0.25) is 0 Å². The molecule has 0 aliphatic heterocycles. The standard InChI is InChI=1S/C10H10O5/c1-15-10(14)7-4-2-3-6(9(7)13)5-8(11)12/h2-4,13H,5H2,1H3,(H,11,12). The minimum Gasteiger partial charge on any atom is -0.507 e. The van der Waals surface area contributed by atoms with Crippen LogP contribution in [0.4, 0.5) is 0 Å². The minimum atomic E-state index is -1.08. The lowest BCUT2D eigenvalue weighted by Crippen LogP contribution is -2.05. The second-order valence-corrected chi connectivity index (χ2v) is 2.88. The topological polar surface area (TPSA) is 83.8 Å². The number of phenolic OH excluding ortho intramolecular Hbond substituents is 1. The molecule has 2 N–H and O–H groups in total. The predicted octanol–water partition coefficient (Wildman–Crippen LogP) is 0.806. The van der Waals surface area contributed by atoms with Crippen LogP contribution in [0, 0.1) is 0 Å². The zero-order valence-corrected chi connectivity index (χ0v) is 8.06. The first-order valence-corrected chi connectivity index (χ1v) is 4.17. The van der Waals surface area contributed by atoms with Crippen molar-refractivity contribution < 1.29 is 24.5 Å². The third kappa shape index (κ3) is 2.46. The van der Waals surface area contributed by atoms with Gasteiger partial charge in [0.15, 0.2) is 0 Å². The zero-order valence-electron chi connectivity index (χ0n) is 8.06. The molecule has 0 saturated heterocycles. The van der Waals surface area contributed by atoms with Gasteiger partial charge in [-0.25, -0.2) is 4.79 Å². The second-order valence-electron chi connectivity index (χ2n) is 2.88. The van der Waals surface area contributed by atoms with Crippen molar-refractivity contribution in [1.29, 1.82) is 0 Å². The predicted molar refractivity (Wildman–Crippen MR) is 50.8 cm³/mol. The van der Waals surface area contributed by atoms with Gasteiger partial charge in [-0.05, 0) is 6.07 Å². The number of carbonyl (C=O) groups is 2. The van der Waals surface area contributed by atoms with Crippen molar-refractivity contribution in [2.45, 2.75) is 6.42 Å². The number of carboxylic acid groups (broad SMARTS) is 1. The molecule has 1 aromatic rings. The van der Waals surface area contributed by atoms with Crippen LogP contribution >= 0.6 is 0 Å². The highest BCUT2D eigenvalue weighted by atomic mass is 16.5. The molecule has 0 fully saturated rings. The van der Waals surface area contributed by atoms with Gasteiger partial charge >= 0.3 is 11.9 Å². The van der Waals surface area contributed by atoms with Crippen LogP contribution in [0.15, 0.2) is 18.2 Å². The summed E-state index contributed by atoms with van der Waals surface area (Å²) in [6, 6.07) is 4.30. The molecule has 5 heteroatoms. The molecule has 80 valence electrons. The Morgan fingerprint density at radius 3 is 2.60 bits per heavy atom. The molecule has 0 aliphatic carbocycles. The molecule has 0 bridgehead atoms. The highest BCUT2D eigenvalue weighted by molar-refractivity contribution is 5.93. The third-order valence-corrected chi connectivity index (χ3v) is 1.87. The van der Waals surface area contributed by atoms with Crippen molar-refractivity contribution in [3.8, 4) is 5.75 Å². The highest BCUT2D eigenvalue weighted by Crippen LogP contribution is 2.23. The zero-order chi connectivity index (χ0) is 11.4. The Balaban J connectivity index is 3.11. The molecule has 0 heterocycles. The van der Waals surface area contributed by atoms with E-state index in [2.05, 4.69) is 4.74 Å². The molecule has 0 saturated carbocycles. The molecule has 0 aliphatic rings. The van der Waals surface area contributed by atoms with Crippen molar-refractivity contribution in [3.05, 3.63) is 29.3 Å². The summed E-state index contributed by atoms with van der Waals surface area (Å²) in [7, 11) is 1.19. The number of phenols is 1. The van der Waals surface area contributed by atoms with E-state index in [9.17, 15) is 14.7 Å². The van der Waals surface area contributed by atoms with Crippen molar-refractivity contribution >= 4 is 11.9 Å². The third-order valence-electron chi connectivity index (χ3n) is 1.87. The number of hydrogen-bond donors (Lipinski definition) is 2. The fourth-order valence-corrected chi connectivity index (χ4v) is 1.17. The molecule has 0 spiro atoms. The minimum absolute atomic E-state index is 0.0312. The van der Waals surface area contributed by atoms with Crippen LogP contribution in [-0.4, -0.2) is 29.3 Å². The fraction of sp³-hybridized carbons (Fsp3) is 0.200. The maximum atomic E-state index is 11.1. The Hall–Kier alpha value is -2.04. The monoisotopic (exact) mass is 210 g/mol. The normalized spacial score (nSPS) is 9.67. The van der Waals surface area contributed by atoms with Crippen molar-refractivity contribution in [2.24, 2.45) is 0 Å². The van der Waals surface area contributed by atoms with Gasteiger partial charge in [-0.15, -0.1) is 0 Å². The van der Waals surface area contributed by atoms with Crippen LogP contribution in [0.25, 0.3) is 0 Å². The SMILES string of the molecule is COC(=O)c1cccc(CC(=O)O)c1O. The van der Waals surface area contributed by atoms with Gasteiger partial charge in [-0.2, -0.15) is 0 Å². The van der Waals surface area contributed by atoms with Gasteiger partial charge in [0.2, 0.25) is 0 Å². The van der Waals surface area contributed by atoms with Gasteiger partial charge < -0.3 is 14.9 Å². The van der Waals surface area contributed by atoms with Crippen molar-refractivity contribution in [2.75, 3.05) is 7.11 Å². The lowest BCUT2D eigenvalue weighted by atomic mass is 10.1. The number of ether oxygens (including phenoxy) is 1. The molecule has 0 radical (unpaired) electrons. The number of aromatic hydroxyl groups is 1. The lowest BCUT2D eigenvalue weighted by Gasteiger charge is -2.06. The van der Waals surface area contributed by atoms with Gasteiger partial charge in [-0.3, -0.25) is 4.79 Å². The Morgan fingerprint density at radius 1 is 1.40 bits per heavy atom. The maximum Gasteiger partial charge on any atom is 0.341 e. The van der Waals surface area contributed by atoms with Gasteiger partial charge in [-0.1, -0.05) is 12.1 Å². The summed E-state index contributed by atoms with van der Waals surface area (Å²) in [6.07, 6.45) is -0.337. The van der Waals surface area contributed by atoms with Crippen LogP contribution in [0.3, 0.4) is 0 Å². The number of carbonyl (C=O) groups excluding carboxylic acids is 1. The second kappa shape index (κ2) is 4.45. The summed E-state index contributed by atoms with van der Waals surface area (Å²) in [5.74, 6) is -2.11. The van der Waals surface area contributed by atoms with Gasteiger partial charge in [0.1, 0.15) is 11.3 Å². The van der Waals surface area contributed by atoms with Crippen LogP contribution < -0.4 is 0 Å². The van der Waals surface area contributed by atoms with Crippen molar-refractivity contribution in [1.82, 2.24) is 0 Å². The number of rotatable bonds is 3. The highest BCUT2D eigenvalue weighted by Gasteiger charge is 2.15. The molecular weight excluding hydrogens is 200 g/mol. The Morgan fingerprint density at radius 2 is 2.07 bits per heavy atom.